The Balaban J connectivity index is 1.90. The van der Waals surface area contributed by atoms with Gasteiger partial charge >= 0.3 is 0 Å². The Morgan fingerprint density at radius 2 is 2.28 bits per heavy atom. The van der Waals surface area contributed by atoms with Gasteiger partial charge in [0.1, 0.15) is 5.69 Å². The van der Waals surface area contributed by atoms with E-state index >= 15 is 0 Å². The minimum atomic E-state index is -0.524. The first-order valence-corrected chi connectivity index (χ1v) is 6.58. The molecule has 2 aromatic heterocycles. The second-order valence-electron chi connectivity index (χ2n) is 3.68. The number of nitrogens with zero attached hydrogens (tertiary/aromatic N) is 1. The summed E-state index contributed by atoms with van der Waals surface area (Å²) in [7, 11) is 0. The van der Waals surface area contributed by atoms with Crippen molar-refractivity contribution in [3.8, 4) is 0 Å². The molecule has 0 unspecified atom stereocenters. The van der Waals surface area contributed by atoms with E-state index < -0.39 is 5.91 Å². The summed E-state index contributed by atoms with van der Waals surface area (Å²) in [6.45, 7) is 0.763. The number of rotatable bonds is 5. The fourth-order valence-corrected chi connectivity index (χ4v) is 2.58. The number of hydrogen-bond acceptors (Lipinski definition) is 4. The van der Waals surface area contributed by atoms with Crippen molar-refractivity contribution in [3.63, 3.8) is 0 Å². The zero-order valence-corrected chi connectivity index (χ0v) is 11.1. The molecule has 1 amide bonds. The molecule has 3 N–H and O–H groups in total. The fourth-order valence-electron chi connectivity index (χ4n) is 1.49. The van der Waals surface area contributed by atoms with Crippen LogP contribution in [0.15, 0.2) is 30.5 Å². The molecule has 0 saturated heterocycles. The number of nitrogens with two attached hydrogens (primary N) is 1. The van der Waals surface area contributed by atoms with Crippen LogP contribution >= 0.6 is 22.9 Å². The van der Waals surface area contributed by atoms with Crippen LogP contribution in [0.2, 0.25) is 4.34 Å². The van der Waals surface area contributed by atoms with Crippen molar-refractivity contribution in [1.82, 2.24) is 4.98 Å². The molecule has 0 bridgehead atoms. The number of halogens is 1. The van der Waals surface area contributed by atoms with Gasteiger partial charge in [-0.25, -0.2) is 0 Å². The fraction of sp³-hybridized carbons (Fsp3) is 0.167. The Morgan fingerprint density at radius 3 is 2.94 bits per heavy atom. The SMILES string of the molecule is NC(=O)c1cc(NCCc2ccc(Cl)s2)ccn1. The first-order chi connectivity index (χ1) is 8.65. The van der Waals surface area contributed by atoms with Gasteiger partial charge < -0.3 is 11.1 Å². The molecule has 0 radical (unpaired) electrons. The molecule has 6 heteroatoms. The molecule has 0 aliphatic heterocycles. The average Bonchev–Trinajstić information content (AvgIpc) is 2.75. The first-order valence-electron chi connectivity index (χ1n) is 5.39. The molecule has 0 spiro atoms. The van der Waals surface area contributed by atoms with Gasteiger partial charge in [-0.1, -0.05) is 11.6 Å². The van der Waals surface area contributed by atoms with Gasteiger partial charge in [0, 0.05) is 23.3 Å². The van der Waals surface area contributed by atoms with Crippen LogP contribution in [0, 0.1) is 0 Å². The van der Waals surface area contributed by atoms with Crippen molar-refractivity contribution in [2.24, 2.45) is 5.73 Å². The molecule has 0 aromatic carbocycles. The summed E-state index contributed by atoms with van der Waals surface area (Å²) in [6, 6.07) is 7.34. The molecule has 0 saturated carbocycles. The number of primary amides is 1. The molecule has 0 aliphatic rings. The Labute approximate surface area is 114 Å². The van der Waals surface area contributed by atoms with Gasteiger partial charge in [0.05, 0.1) is 4.34 Å². The van der Waals surface area contributed by atoms with Crippen molar-refractivity contribution in [3.05, 3.63) is 45.4 Å². The van der Waals surface area contributed by atoms with Crippen LogP contribution in [0.4, 0.5) is 5.69 Å². The highest BCUT2D eigenvalue weighted by molar-refractivity contribution is 7.16. The van der Waals surface area contributed by atoms with E-state index in [1.54, 1.807) is 29.7 Å². The molecule has 0 atom stereocenters. The van der Waals surface area contributed by atoms with E-state index in [0.717, 1.165) is 23.0 Å². The standard InChI is InChI=1S/C12H12ClN3OS/c13-11-2-1-9(18-11)4-6-15-8-3-5-16-10(7-8)12(14)17/h1-3,5,7H,4,6H2,(H2,14,17)(H,15,16). The zero-order valence-electron chi connectivity index (χ0n) is 9.52. The van der Waals surface area contributed by atoms with E-state index in [1.165, 1.54) is 4.88 Å². The van der Waals surface area contributed by atoms with Gasteiger partial charge in [-0.3, -0.25) is 9.78 Å². The molecular weight excluding hydrogens is 270 g/mol. The molecular formula is C12H12ClN3OS. The average molecular weight is 282 g/mol. The third-order valence-corrected chi connectivity index (χ3v) is 3.63. The molecule has 18 heavy (non-hydrogen) atoms. The number of pyridine rings is 1. The predicted molar refractivity (Wildman–Crippen MR) is 74.3 cm³/mol. The van der Waals surface area contributed by atoms with Gasteiger partial charge in [-0.15, -0.1) is 11.3 Å². The summed E-state index contributed by atoms with van der Waals surface area (Å²) in [6.07, 6.45) is 2.44. The summed E-state index contributed by atoms with van der Waals surface area (Å²) in [5.41, 5.74) is 6.26. The lowest BCUT2D eigenvalue weighted by molar-refractivity contribution is 0.0995. The van der Waals surface area contributed by atoms with Crippen LogP contribution in [-0.2, 0) is 6.42 Å². The van der Waals surface area contributed by atoms with Gasteiger partial charge in [-0.2, -0.15) is 0 Å². The number of hydrogen-bond donors (Lipinski definition) is 2. The lowest BCUT2D eigenvalue weighted by Gasteiger charge is -2.05. The Kier molecular flexibility index (Phi) is 4.17. The van der Waals surface area contributed by atoms with Crippen LogP contribution in [-0.4, -0.2) is 17.4 Å². The molecule has 4 nitrogen and oxygen atoms in total. The Hall–Kier alpha value is -1.59. The van der Waals surface area contributed by atoms with E-state index in [0.29, 0.717) is 0 Å². The van der Waals surface area contributed by atoms with E-state index in [1.807, 2.05) is 12.1 Å². The number of aromatic nitrogens is 1. The summed E-state index contributed by atoms with van der Waals surface area (Å²) >= 11 is 7.42. The number of anilines is 1. The molecule has 2 aromatic rings. The number of carbonyl (C=O) groups excluding carboxylic acids is 1. The highest BCUT2D eigenvalue weighted by Gasteiger charge is 2.03. The third-order valence-electron chi connectivity index (χ3n) is 2.34. The summed E-state index contributed by atoms with van der Waals surface area (Å²) in [5, 5.41) is 3.21. The zero-order chi connectivity index (χ0) is 13.0. The summed E-state index contributed by atoms with van der Waals surface area (Å²) in [4.78, 5) is 16.1. The maximum Gasteiger partial charge on any atom is 0.267 e. The van der Waals surface area contributed by atoms with Crippen LogP contribution < -0.4 is 11.1 Å². The number of nitrogens with one attached hydrogen (secondary N) is 1. The van der Waals surface area contributed by atoms with Crippen molar-refractivity contribution < 1.29 is 4.79 Å². The molecule has 94 valence electrons. The molecule has 0 fully saturated rings. The van der Waals surface area contributed by atoms with E-state index in [-0.39, 0.29) is 5.69 Å². The van der Waals surface area contributed by atoms with E-state index in [2.05, 4.69) is 10.3 Å². The second-order valence-corrected chi connectivity index (χ2v) is 5.48. The summed E-state index contributed by atoms with van der Waals surface area (Å²) in [5.74, 6) is -0.524. The molecule has 2 rings (SSSR count). The topological polar surface area (TPSA) is 68.0 Å². The first kappa shape index (κ1) is 12.9. The Bertz CT molecular complexity index is 556. The maximum absolute atomic E-state index is 11.0. The number of thiophene rings is 1. The predicted octanol–water partition coefficient (Wildman–Crippen LogP) is 2.55. The molecule has 2 heterocycles. The lowest BCUT2D eigenvalue weighted by atomic mass is 10.3. The van der Waals surface area contributed by atoms with Crippen molar-refractivity contribution >= 4 is 34.5 Å². The largest absolute Gasteiger partial charge is 0.385 e. The van der Waals surface area contributed by atoms with Gasteiger partial charge in [0.2, 0.25) is 0 Å². The maximum atomic E-state index is 11.0. The van der Waals surface area contributed by atoms with Gasteiger partial charge in [0.25, 0.3) is 5.91 Å². The van der Waals surface area contributed by atoms with Gasteiger partial charge in [0.15, 0.2) is 0 Å². The van der Waals surface area contributed by atoms with Crippen molar-refractivity contribution in [2.45, 2.75) is 6.42 Å². The monoisotopic (exact) mass is 281 g/mol. The highest BCUT2D eigenvalue weighted by atomic mass is 35.5. The van der Waals surface area contributed by atoms with Crippen LogP contribution in [0.25, 0.3) is 0 Å². The third kappa shape index (κ3) is 3.45. The van der Waals surface area contributed by atoms with Crippen LogP contribution in [0.5, 0.6) is 0 Å². The minimum absolute atomic E-state index is 0.263. The smallest absolute Gasteiger partial charge is 0.267 e. The van der Waals surface area contributed by atoms with Gasteiger partial charge in [-0.05, 0) is 30.7 Å². The van der Waals surface area contributed by atoms with Crippen molar-refractivity contribution in [1.29, 1.82) is 0 Å². The van der Waals surface area contributed by atoms with E-state index in [4.69, 9.17) is 17.3 Å². The summed E-state index contributed by atoms with van der Waals surface area (Å²) < 4.78 is 0.796. The highest BCUT2D eigenvalue weighted by Crippen LogP contribution is 2.21. The van der Waals surface area contributed by atoms with Crippen LogP contribution in [0.3, 0.4) is 0 Å². The second kappa shape index (κ2) is 5.84. The minimum Gasteiger partial charge on any atom is -0.385 e. The van der Waals surface area contributed by atoms with Crippen molar-refractivity contribution in [2.75, 3.05) is 11.9 Å². The van der Waals surface area contributed by atoms with Crippen LogP contribution in [0.1, 0.15) is 15.4 Å². The Morgan fingerprint density at radius 1 is 1.44 bits per heavy atom. The molecule has 0 aliphatic carbocycles. The lowest BCUT2D eigenvalue weighted by Crippen LogP contribution is -2.13. The number of carbonyl (C=O) groups is 1. The quantitative estimate of drug-likeness (QED) is 0.885. The number of amides is 1. The van der Waals surface area contributed by atoms with E-state index in [9.17, 15) is 4.79 Å². The normalized spacial score (nSPS) is 10.3.